The molecule has 208 valence electrons. The standard InChI is InChI=1S/C30H30F2N4O3S/c31-30(32)9-6-22(23(16-30)20-7-12-33-13-8-20)27(37)35-14-10-29(39,11-15-35)18-36-19-34-25-24(28(36)38)17-40-26(25)21-4-2-1-3-5-21/h1-5,7-8,12-13,17,19,22-23,39H,6,9-11,14-16,18H2. The molecule has 2 aliphatic rings. The largest absolute Gasteiger partial charge is 0.388 e. The molecule has 1 saturated heterocycles. The Kier molecular flexibility index (Phi) is 7.00. The van der Waals surface area contributed by atoms with Gasteiger partial charge < -0.3 is 10.0 Å². The molecular formula is C30H30F2N4O3S. The molecule has 1 aromatic carbocycles. The number of halogens is 2. The lowest BCUT2D eigenvalue weighted by Crippen LogP contribution is -2.52. The first-order chi connectivity index (χ1) is 19.2. The van der Waals surface area contributed by atoms with E-state index in [1.165, 1.54) is 22.2 Å². The molecular weight excluding hydrogens is 534 g/mol. The molecule has 10 heteroatoms. The molecule has 2 atom stereocenters. The minimum atomic E-state index is -2.81. The third-order valence-electron chi connectivity index (χ3n) is 8.37. The Balaban J connectivity index is 1.15. The van der Waals surface area contributed by atoms with E-state index in [-0.39, 0.29) is 50.1 Å². The van der Waals surface area contributed by atoms with Crippen LogP contribution in [0, 0.1) is 5.92 Å². The quantitative estimate of drug-likeness (QED) is 0.365. The van der Waals surface area contributed by atoms with E-state index in [0.29, 0.717) is 29.6 Å². The van der Waals surface area contributed by atoms with Gasteiger partial charge >= 0.3 is 0 Å². The molecule has 1 aliphatic carbocycles. The first-order valence-electron chi connectivity index (χ1n) is 13.5. The van der Waals surface area contributed by atoms with Gasteiger partial charge in [0.25, 0.3) is 5.56 Å². The van der Waals surface area contributed by atoms with Crippen LogP contribution < -0.4 is 5.56 Å². The highest BCUT2D eigenvalue weighted by molar-refractivity contribution is 7.15. The second-order valence-electron chi connectivity index (χ2n) is 11.0. The number of hydrogen-bond donors (Lipinski definition) is 1. The maximum atomic E-state index is 14.3. The number of hydrogen-bond acceptors (Lipinski definition) is 6. The molecule has 4 heterocycles. The van der Waals surface area contributed by atoms with Crippen LogP contribution in [0.25, 0.3) is 21.3 Å². The average molecular weight is 565 g/mol. The van der Waals surface area contributed by atoms with Crippen LogP contribution in [0.2, 0.25) is 0 Å². The summed E-state index contributed by atoms with van der Waals surface area (Å²) in [5.41, 5.74) is 0.951. The van der Waals surface area contributed by atoms with Gasteiger partial charge in [-0.15, -0.1) is 11.3 Å². The monoisotopic (exact) mass is 564 g/mol. The van der Waals surface area contributed by atoms with Gasteiger partial charge in [-0.3, -0.25) is 19.1 Å². The van der Waals surface area contributed by atoms with Crippen LogP contribution in [0.3, 0.4) is 0 Å². The Morgan fingerprint density at radius 3 is 2.52 bits per heavy atom. The number of pyridine rings is 1. The van der Waals surface area contributed by atoms with Gasteiger partial charge in [0.2, 0.25) is 11.8 Å². The van der Waals surface area contributed by atoms with Crippen molar-refractivity contribution in [3.63, 3.8) is 0 Å². The number of likely N-dealkylation sites (tertiary alicyclic amines) is 1. The number of thiophene rings is 1. The van der Waals surface area contributed by atoms with Crippen LogP contribution >= 0.6 is 11.3 Å². The van der Waals surface area contributed by atoms with Gasteiger partial charge in [-0.05, 0) is 42.5 Å². The van der Waals surface area contributed by atoms with Crippen molar-refractivity contribution in [2.24, 2.45) is 5.92 Å². The average Bonchev–Trinajstić information content (AvgIpc) is 3.40. The minimum Gasteiger partial charge on any atom is -0.388 e. The first kappa shape index (κ1) is 26.7. The van der Waals surface area contributed by atoms with Gasteiger partial charge in [-0.25, -0.2) is 13.8 Å². The van der Waals surface area contributed by atoms with Crippen LogP contribution in [0.4, 0.5) is 8.78 Å². The molecule has 40 heavy (non-hydrogen) atoms. The van der Waals surface area contributed by atoms with Crippen molar-refractivity contribution in [3.05, 3.63) is 82.5 Å². The highest BCUT2D eigenvalue weighted by Gasteiger charge is 2.46. The van der Waals surface area contributed by atoms with Crippen molar-refractivity contribution in [1.29, 1.82) is 0 Å². The lowest BCUT2D eigenvalue weighted by molar-refractivity contribution is -0.145. The molecule has 0 bridgehead atoms. The fourth-order valence-electron chi connectivity index (χ4n) is 6.12. The van der Waals surface area contributed by atoms with Crippen molar-refractivity contribution in [2.75, 3.05) is 13.1 Å². The fourth-order valence-corrected chi connectivity index (χ4v) is 7.11. The Morgan fingerprint density at radius 2 is 1.80 bits per heavy atom. The van der Waals surface area contributed by atoms with Gasteiger partial charge in [0.15, 0.2) is 0 Å². The maximum absolute atomic E-state index is 14.3. The highest BCUT2D eigenvalue weighted by Crippen LogP contribution is 2.46. The third-order valence-corrected chi connectivity index (χ3v) is 9.38. The van der Waals surface area contributed by atoms with E-state index < -0.39 is 23.4 Å². The summed E-state index contributed by atoms with van der Waals surface area (Å²) in [7, 11) is 0. The molecule has 3 aromatic heterocycles. The van der Waals surface area contributed by atoms with E-state index in [1.807, 2.05) is 35.7 Å². The first-order valence-corrected chi connectivity index (χ1v) is 14.4. The summed E-state index contributed by atoms with van der Waals surface area (Å²) in [5.74, 6) is -4.08. The van der Waals surface area contributed by atoms with Gasteiger partial charge in [0.05, 0.1) is 34.3 Å². The molecule has 1 amide bonds. The smallest absolute Gasteiger partial charge is 0.262 e. The van der Waals surface area contributed by atoms with Crippen molar-refractivity contribution in [1.82, 2.24) is 19.4 Å². The van der Waals surface area contributed by atoms with Crippen LogP contribution in [-0.2, 0) is 11.3 Å². The zero-order valence-electron chi connectivity index (χ0n) is 21.9. The molecule has 2 unspecified atom stereocenters. The van der Waals surface area contributed by atoms with Crippen LogP contribution in [0.15, 0.2) is 71.4 Å². The second kappa shape index (κ2) is 10.5. The summed E-state index contributed by atoms with van der Waals surface area (Å²) >= 11 is 1.47. The normalized spacial score (nSPS) is 22.3. The molecule has 0 spiro atoms. The Morgan fingerprint density at radius 1 is 1.07 bits per heavy atom. The zero-order chi connectivity index (χ0) is 27.9. The number of benzene rings is 1. The van der Waals surface area contributed by atoms with Crippen molar-refractivity contribution < 1.29 is 18.7 Å². The molecule has 2 fully saturated rings. The molecule has 0 radical (unpaired) electrons. The van der Waals surface area contributed by atoms with Crippen molar-refractivity contribution in [2.45, 2.75) is 56.1 Å². The number of rotatable bonds is 5. The molecule has 1 N–H and O–H groups in total. The third kappa shape index (κ3) is 5.17. The molecule has 1 aliphatic heterocycles. The molecule has 4 aromatic rings. The lowest BCUT2D eigenvalue weighted by Gasteiger charge is -2.42. The maximum Gasteiger partial charge on any atom is 0.262 e. The Labute approximate surface area is 234 Å². The Hall–Kier alpha value is -3.50. The van der Waals surface area contributed by atoms with Crippen LogP contribution in [-0.4, -0.2) is 55.1 Å². The van der Waals surface area contributed by atoms with Crippen LogP contribution in [0.5, 0.6) is 0 Å². The van der Waals surface area contributed by atoms with E-state index in [1.54, 1.807) is 29.4 Å². The highest BCUT2D eigenvalue weighted by atomic mass is 32.1. The predicted octanol–water partition coefficient (Wildman–Crippen LogP) is 5.09. The molecule has 1 saturated carbocycles. The summed E-state index contributed by atoms with van der Waals surface area (Å²) < 4.78 is 30.1. The van der Waals surface area contributed by atoms with E-state index in [4.69, 9.17) is 0 Å². The summed E-state index contributed by atoms with van der Waals surface area (Å²) in [6, 6.07) is 13.2. The van der Waals surface area contributed by atoms with Gasteiger partial charge in [-0.1, -0.05) is 30.3 Å². The number of aliphatic hydroxyl groups is 1. The number of carbonyl (C=O) groups excluding carboxylic acids is 1. The van der Waals surface area contributed by atoms with Gasteiger partial charge in [0, 0.05) is 55.5 Å². The summed E-state index contributed by atoms with van der Waals surface area (Å²) in [4.78, 5) is 38.0. The number of carbonyl (C=O) groups is 1. The van der Waals surface area contributed by atoms with E-state index in [0.717, 1.165) is 10.4 Å². The SMILES string of the molecule is O=C(C1CCC(F)(F)CC1c1ccncc1)N1CCC(O)(Cn2cnc3c(-c4ccccc4)scc3c2=O)CC1. The number of alkyl halides is 2. The van der Waals surface area contributed by atoms with Crippen LogP contribution in [0.1, 0.15) is 43.6 Å². The lowest BCUT2D eigenvalue weighted by atomic mass is 9.73. The number of aromatic nitrogens is 3. The summed E-state index contributed by atoms with van der Waals surface area (Å²) in [5, 5.41) is 13.7. The predicted molar refractivity (Wildman–Crippen MR) is 149 cm³/mol. The fraction of sp³-hybridized carbons (Fsp3) is 0.400. The molecule has 6 rings (SSSR count). The molecule has 7 nitrogen and oxygen atoms in total. The summed E-state index contributed by atoms with van der Waals surface area (Å²) in [6.45, 7) is 0.668. The number of fused-ring (bicyclic) bond motifs is 1. The topological polar surface area (TPSA) is 88.3 Å². The van der Waals surface area contributed by atoms with Crippen molar-refractivity contribution in [3.8, 4) is 10.4 Å². The summed E-state index contributed by atoms with van der Waals surface area (Å²) in [6.07, 6.45) is 4.63. The number of nitrogens with zero attached hydrogens (tertiary/aromatic N) is 4. The van der Waals surface area contributed by atoms with E-state index in [2.05, 4.69) is 9.97 Å². The zero-order valence-corrected chi connectivity index (χ0v) is 22.7. The Bertz CT molecular complexity index is 1570. The van der Waals surface area contributed by atoms with Crippen molar-refractivity contribution >= 4 is 28.1 Å². The van der Waals surface area contributed by atoms with Gasteiger partial charge in [0.1, 0.15) is 0 Å². The van der Waals surface area contributed by atoms with E-state index >= 15 is 0 Å². The minimum absolute atomic E-state index is 0.0720. The number of piperidine rings is 1. The number of amides is 1. The van der Waals surface area contributed by atoms with E-state index in [9.17, 15) is 23.5 Å². The second-order valence-corrected chi connectivity index (χ2v) is 11.9. The van der Waals surface area contributed by atoms with Gasteiger partial charge in [-0.2, -0.15) is 0 Å².